The van der Waals surface area contributed by atoms with E-state index >= 15 is 0 Å². The Bertz CT molecular complexity index is 1270. The van der Waals surface area contributed by atoms with E-state index in [9.17, 15) is 18.4 Å². The van der Waals surface area contributed by atoms with Crippen molar-refractivity contribution in [1.82, 2.24) is 34.3 Å². The summed E-state index contributed by atoms with van der Waals surface area (Å²) >= 11 is 1.52. The highest BCUT2D eigenvalue weighted by atomic mass is 32.2. The van der Waals surface area contributed by atoms with E-state index in [1.807, 2.05) is 13.0 Å². The standard InChI is InChI=1S/C18H13F3N8S/c1-3-30-12-4-5-14(29-9-23-8-24-29)27-15(12)17-26-10-6-13(18(19,20)21)25-11(7-22)16(10)28(17)2/h4-6,8-9H,3H2,1-2H3. The molecule has 4 heterocycles. The van der Waals surface area contributed by atoms with E-state index in [1.54, 1.807) is 19.2 Å². The number of nitriles is 1. The van der Waals surface area contributed by atoms with Gasteiger partial charge in [-0.15, -0.1) is 11.8 Å². The average Bonchev–Trinajstić information content (AvgIpc) is 3.36. The van der Waals surface area contributed by atoms with Crippen LogP contribution in [-0.4, -0.2) is 40.0 Å². The number of fused-ring (bicyclic) bond motifs is 1. The first-order valence-electron chi connectivity index (χ1n) is 8.67. The van der Waals surface area contributed by atoms with Crippen molar-refractivity contribution >= 4 is 22.8 Å². The Morgan fingerprint density at radius 2 is 2.00 bits per heavy atom. The molecule has 8 nitrogen and oxygen atoms in total. The van der Waals surface area contributed by atoms with Gasteiger partial charge in [0.1, 0.15) is 35.6 Å². The molecule has 0 atom stereocenters. The predicted molar refractivity (Wildman–Crippen MR) is 103 cm³/mol. The largest absolute Gasteiger partial charge is 0.433 e. The van der Waals surface area contributed by atoms with Crippen LogP contribution in [0.1, 0.15) is 18.3 Å². The Morgan fingerprint density at radius 1 is 1.20 bits per heavy atom. The zero-order valence-corrected chi connectivity index (χ0v) is 16.5. The van der Waals surface area contributed by atoms with Crippen LogP contribution in [0.15, 0.2) is 35.7 Å². The van der Waals surface area contributed by atoms with Crippen LogP contribution in [0.4, 0.5) is 13.2 Å². The van der Waals surface area contributed by atoms with Crippen LogP contribution in [0, 0.1) is 11.3 Å². The lowest BCUT2D eigenvalue weighted by Gasteiger charge is -2.10. The van der Waals surface area contributed by atoms with Crippen molar-refractivity contribution in [2.75, 3.05) is 5.75 Å². The molecule has 152 valence electrons. The number of aromatic nitrogens is 7. The third kappa shape index (κ3) is 3.37. The first-order chi connectivity index (χ1) is 14.3. The summed E-state index contributed by atoms with van der Waals surface area (Å²) in [5.74, 6) is 1.55. The highest BCUT2D eigenvalue weighted by Gasteiger charge is 2.34. The Balaban J connectivity index is 1.98. The van der Waals surface area contributed by atoms with E-state index in [1.165, 1.54) is 33.7 Å². The van der Waals surface area contributed by atoms with Crippen molar-refractivity contribution in [2.24, 2.45) is 7.05 Å². The average molecular weight is 430 g/mol. The molecule has 0 N–H and O–H groups in total. The van der Waals surface area contributed by atoms with Gasteiger partial charge < -0.3 is 4.57 Å². The van der Waals surface area contributed by atoms with Crippen molar-refractivity contribution in [3.63, 3.8) is 0 Å². The monoisotopic (exact) mass is 430 g/mol. The highest BCUT2D eigenvalue weighted by Crippen LogP contribution is 2.35. The fourth-order valence-electron chi connectivity index (χ4n) is 2.99. The molecular formula is C18H13F3N8S. The van der Waals surface area contributed by atoms with E-state index < -0.39 is 11.9 Å². The van der Waals surface area contributed by atoms with Crippen LogP contribution in [-0.2, 0) is 13.2 Å². The summed E-state index contributed by atoms with van der Waals surface area (Å²) in [6.45, 7) is 1.97. The van der Waals surface area contributed by atoms with Gasteiger partial charge in [0, 0.05) is 11.9 Å². The molecule has 0 aliphatic rings. The molecule has 0 saturated carbocycles. The molecule has 0 aliphatic carbocycles. The minimum absolute atomic E-state index is 0.0202. The maximum absolute atomic E-state index is 13.2. The van der Waals surface area contributed by atoms with Crippen molar-refractivity contribution in [2.45, 2.75) is 18.0 Å². The molecule has 0 radical (unpaired) electrons. The molecule has 0 bridgehead atoms. The highest BCUT2D eigenvalue weighted by molar-refractivity contribution is 7.99. The zero-order chi connectivity index (χ0) is 21.5. The van der Waals surface area contributed by atoms with E-state index in [2.05, 4.69) is 25.0 Å². The second-order valence-corrected chi connectivity index (χ2v) is 7.42. The lowest BCUT2D eigenvalue weighted by molar-refractivity contribution is -0.141. The molecule has 30 heavy (non-hydrogen) atoms. The van der Waals surface area contributed by atoms with Gasteiger partial charge in [-0.25, -0.2) is 24.6 Å². The van der Waals surface area contributed by atoms with Crippen LogP contribution < -0.4 is 0 Å². The van der Waals surface area contributed by atoms with E-state index in [0.29, 0.717) is 17.3 Å². The van der Waals surface area contributed by atoms with Gasteiger partial charge >= 0.3 is 6.18 Å². The summed E-state index contributed by atoms with van der Waals surface area (Å²) in [6.07, 6.45) is -1.83. The first-order valence-corrected chi connectivity index (χ1v) is 9.66. The molecule has 0 amide bonds. The number of alkyl halides is 3. The molecule has 12 heteroatoms. The molecule has 4 aromatic rings. The second kappa shape index (κ2) is 7.42. The summed E-state index contributed by atoms with van der Waals surface area (Å²) in [5, 5.41) is 13.4. The number of imidazole rings is 1. The molecule has 0 fully saturated rings. The minimum atomic E-state index is -4.69. The third-order valence-electron chi connectivity index (χ3n) is 4.26. The Morgan fingerprint density at radius 3 is 2.63 bits per heavy atom. The summed E-state index contributed by atoms with van der Waals surface area (Å²) in [4.78, 5) is 17.2. The molecule has 0 spiro atoms. The normalized spacial score (nSPS) is 11.7. The van der Waals surface area contributed by atoms with Crippen molar-refractivity contribution in [1.29, 1.82) is 5.26 Å². The van der Waals surface area contributed by atoms with E-state index in [0.717, 1.165) is 16.7 Å². The summed E-state index contributed by atoms with van der Waals surface area (Å²) in [5.41, 5.74) is -0.819. The first kappa shape index (κ1) is 19.8. The minimum Gasteiger partial charge on any atom is -0.323 e. The van der Waals surface area contributed by atoms with Gasteiger partial charge in [-0.1, -0.05) is 6.92 Å². The molecule has 0 unspecified atom stereocenters. The smallest absolute Gasteiger partial charge is 0.323 e. The Kier molecular flexibility index (Phi) is 4.90. The lowest BCUT2D eigenvalue weighted by Crippen LogP contribution is -2.09. The molecule has 4 aromatic heterocycles. The van der Waals surface area contributed by atoms with Crippen molar-refractivity contribution < 1.29 is 13.2 Å². The number of halogens is 3. The zero-order valence-electron chi connectivity index (χ0n) is 15.7. The number of hydrogen-bond donors (Lipinski definition) is 0. The lowest BCUT2D eigenvalue weighted by atomic mass is 10.2. The van der Waals surface area contributed by atoms with Crippen LogP contribution in [0.2, 0.25) is 0 Å². The number of aryl methyl sites for hydroxylation is 1. The fourth-order valence-corrected chi connectivity index (χ4v) is 3.74. The van der Waals surface area contributed by atoms with Crippen molar-refractivity contribution in [3.05, 3.63) is 42.2 Å². The molecule has 0 saturated heterocycles. The van der Waals surface area contributed by atoms with Crippen LogP contribution >= 0.6 is 11.8 Å². The van der Waals surface area contributed by atoms with Crippen LogP contribution in [0.3, 0.4) is 0 Å². The molecular weight excluding hydrogens is 417 g/mol. The Labute approximate surface area is 172 Å². The van der Waals surface area contributed by atoms with Gasteiger partial charge in [0.25, 0.3) is 0 Å². The molecule has 4 rings (SSSR count). The fraction of sp³-hybridized carbons (Fsp3) is 0.222. The molecule has 0 aliphatic heterocycles. The van der Waals surface area contributed by atoms with Gasteiger partial charge in [0.05, 0.1) is 5.52 Å². The quantitative estimate of drug-likeness (QED) is 0.456. The van der Waals surface area contributed by atoms with Gasteiger partial charge in [-0.2, -0.15) is 23.5 Å². The van der Waals surface area contributed by atoms with Gasteiger partial charge in [-0.3, -0.25) is 0 Å². The third-order valence-corrected chi connectivity index (χ3v) is 5.19. The van der Waals surface area contributed by atoms with Crippen molar-refractivity contribution in [3.8, 4) is 23.4 Å². The van der Waals surface area contributed by atoms with Gasteiger partial charge in [-0.05, 0) is 24.0 Å². The number of hydrogen-bond acceptors (Lipinski definition) is 7. The maximum Gasteiger partial charge on any atom is 0.433 e. The number of nitrogens with zero attached hydrogens (tertiary/aromatic N) is 8. The number of thioether (sulfide) groups is 1. The maximum atomic E-state index is 13.2. The molecule has 0 aromatic carbocycles. The topological polar surface area (TPSA) is 98.1 Å². The second-order valence-electron chi connectivity index (χ2n) is 6.12. The SMILES string of the molecule is CCSc1ccc(-n2cncn2)nc1-c1nc2cc(C(F)(F)F)nc(C#N)c2n1C. The summed E-state index contributed by atoms with van der Waals surface area (Å²) in [6, 6.07) is 6.19. The van der Waals surface area contributed by atoms with Gasteiger partial charge in [0.2, 0.25) is 0 Å². The predicted octanol–water partition coefficient (Wildman–Crippen LogP) is 3.61. The van der Waals surface area contributed by atoms with E-state index in [-0.39, 0.29) is 16.7 Å². The van der Waals surface area contributed by atoms with Gasteiger partial charge in [0.15, 0.2) is 17.3 Å². The Hall–Kier alpha value is -3.46. The summed E-state index contributed by atoms with van der Waals surface area (Å²) < 4.78 is 42.6. The summed E-state index contributed by atoms with van der Waals surface area (Å²) in [7, 11) is 1.62. The number of pyridine rings is 2. The number of rotatable bonds is 4. The van der Waals surface area contributed by atoms with E-state index in [4.69, 9.17) is 0 Å². The van der Waals surface area contributed by atoms with Crippen LogP contribution in [0.5, 0.6) is 0 Å². The van der Waals surface area contributed by atoms with Crippen LogP contribution in [0.25, 0.3) is 28.4 Å².